The van der Waals surface area contributed by atoms with Crippen LogP contribution in [0.4, 0.5) is 0 Å². The Morgan fingerprint density at radius 3 is 2.43 bits per heavy atom. The number of benzene rings is 1. The number of nitrogens with one attached hydrogen (secondary N) is 1. The summed E-state index contributed by atoms with van der Waals surface area (Å²) in [6, 6.07) is 9.11. The van der Waals surface area contributed by atoms with Crippen LogP contribution in [-0.4, -0.2) is 29.1 Å². The highest BCUT2D eigenvalue weighted by Gasteiger charge is 2.46. The molecule has 1 unspecified atom stereocenters. The van der Waals surface area contributed by atoms with Crippen LogP contribution in [0.25, 0.3) is 0 Å². The summed E-state index contributed by atoms with van der Waals surface area (Å²) in [6.07, 6.45) is 6.73. The average molecular weight is 286 g/mol. The van der Waals surface area contributed by atoms with Gasteiger partial charge < -0.3 is 5.32 Å². The first-order valence-corrected chi connectivity index (χ1v) is 8.61. The maximum Gasteiger partial charge on any atom is 0.0338 e. The van der Waals surface area contributed by atoms with E-state index >= 15 is 0 Å². The Hall–Kier alpha value is -0.860. The summed E-state index contributed by atoms with van der Waals surface area (Å²) in [6.45, 7) is 10.3. The lowest BCUT2D eigenvalue weighted by molar-refractivity contribution is 0.00532. The molecule has 1 saturated carbocycles. The average Bonchev–Trinajstić information content (AvgIpc) is 2.96. The van der Waals surface area contributed by atoms with Crippen LogP contribution >= 0.6 is 0 Å². The van der Waals surface area contributed by atoms with Crippen LogP contribution < -0.4 is 5.32 Å². The van der Waals surface area contributed by atoms with Gasteiger partial charge in [-0.2, -0.15) is 0 Å². The van der Waals surface area contributed by atoms with E-state index in [0.717, 1.165) is 6.54 Å². The molecule has 1 aliphatic carbocycles. The quantitative estimate of drug-likeness (QED) is 0.907. The number of rotatable bonds is 3. The second kappa shape index (κ2) is 5.73. The van der Waals surface area contributed by atoms with E-state index in [1.54, 1.807) is 0 Å². The van der Waals surface area contributed by atoms with Gasteiger partial charge in [0.25, 0.3) is 0 Å². The zero-order chi connectivity index (χ0) is 14.9. The first kappa shape index (κ1) is 15.1. The molecular formula is C19H30N2. The van der Waals surface area contributed by atoms with Gasteiger partial charge in [-0.15, -0.1) is 0 Å². The molecule has 1 atom stereocenters. The van der Waals surface area contributed by atoms with Gasteiger partial charge in [0.1, 0.15) is 0 Å². The van der Waals surface area contributed by atoms with Crippen LogP contribution in [0.2, 0.25) is 0 Å². The summed E-state index contributed by atoms with van der Waals surface area (Å²) in [5.41, 5.74) is 3.51. The van der Waals surface area contributed by atoms with Crippen molar-refractivity contribution in [2.45, 2.75) is 70.5 Å². The van der Waals surface area contributed by atoms with Gasteiger partial charge in [-0.1, -0.05) is 49.6 Å². The van der Waals surface area contributed by atoms with E-state index in [1.165, 1.54) is 56.3 Å². The highest BCUT2D eigenvalue weighted by Crippen LogP contribution is 2.39. The molecule has 1 saturated heterocycles. The predicted molar refractivity (Wildman–Crippen MR) is 89.5 cm³/mol. The molecule has 2 fully saturated rings. The van der Waals surface area contributed by atoms with Crippen molar-refractivity contribution in [2.24, 2.45) is 0 Å². The molecule has 0 amide bonds. The molecule has 21 heavy (non-hydrogen) atoms. The zero-order valence-electron chi connectivity index (χ0n) is 13.9. The van der Waals surface area contributed by atoms with Crippen LogP contribution in [0.3, 0.4) is 0 Å². The Bertz CT molecular complexity index is 473. The largest absolute Gasteiger partial charge is 0.308 e. The predicted octanol–water partition coefficient (Wildman–Crippen LogP) is 3.88. The van der Waals surface area contributed by atoms with E-state index in [2.05, 4.69) is 55.3 Å². The van der Waals surface area contributed by atoms with Crippen molar-refractivity contribution < 1.29 is 0 Å². The summed E-state index contributed by atoms with van der Waals surface area (Å²) < 4.78 is 0. The van der Waals surface area contributed by atoms with Gasteiger partial charge in [0.05, 0.1) is 0 Å². The van der Waals surface area contributed by atoms with Gasteiger partial charge in [-0.3, -0.25) is 4.90 Å². The van der Waals surface area contributed by atoms with Crippen molar-refractivity contribution in [3.63, 3.8) is 0 Å². The van der Waals surface area contributed by atoms with Crippen molar-refractivity contribution >= 4 is 0 Å². The van der Waals surface area contributed by atoms with E-state index in [-0.39, 0.29) is 5.54 Å². The van der Waals surface area contributed by atoms with Crippen molar-refractivity contribution in [2.75, 3.05) is 13.1 Å². The van der Waals surface area contributed by atoms with E-state index in [1.807, 2.05) is 0 Å². The summed E-state index contributed by atoms with van der Waals surface area (Å²) >= 11 is 0. The summed E-state index contributed by atoms with van der Waals surface area (Å²) in [5.74, 6) is 0. The third kappa shape index (κ3) is 3.02. The smallest absolute Gasteiger partial charge is 0.0338 e. The molecule has 0 aromatic heterocycles. The molecule has 3 rings (SSSR count). The number of nitrogens with zero attached hydrogens (tertiary/aromatic N) is 1. The van der Waals surface area contributed by atoms with E-state index < -0.39 is 0 Å². The molecule has 1 N–H and O–H groups in total. The minimum atomic E-state index is 0.276. The fourth-order valence-corrected chi connectivity index (χ4v) is 4.03. The van der Waals surface area contributed by atoms with Crippen LogP contribution in [0.15, 0.2) is 24.3 Å². The van der Waals surface area contributed by atoms with Gasteiger partial charge in [0, 0.05) is 30.7 Å². The molecule has 1 spiro atoms. The minimum absolute atomic E-state index is 0.276. The topological polar surface area (TPSA) is 15.3 Å². The molecule has 0 bridgehead atoms. The molecule has 116 valence electrons. The van der Waals surface area contributed by atoms with E-state index in [0.29, 0.717) is 5.54 Å². The molecule has 2 aliphatic rings. The normalized spacial score (nSPS) is 29.1. The SMILES string of the molecule is CCC1(C)CN(Cc2ccc(C)cc2)C2(CCCC2)CN1. The molecule has 1 aromatic rings. The Balaban J connectivity index is 1.81. The molecule has 2 nitrogen and oxygen atoms in total. The Morgan fingerprint density at radius 1 is 1.14 bits per heavy atom. The molecule has 2 heteroatoms. The van der Waals surface area contributed by atoms with E-state index in [4.69, 9.17) is 0 Å². The van der Waals surface area contributed by atoms with Gasteiger partial charge in [0.2, 0.25) is 0 Å². The lowest BCUT2D eigenvalue weighted by Gasteiger charge is -2.52. The maximum absolute atomic E-state index is 3.86. The number of piperazine rings is 1. The first-order valence-electron chi connectivity index (χ1n) is 8.61. The number of hydrogen-bond acceptors (Lipinski definition) is 2. The monoisotopic (exact) mass is 286 g/mol. The third-order valence-electron chi connectivity index (χ3n) is 5.86. The van der Waals surface area contributed by atoms with Crippen LogP contribution in [0, 0.1) is 6.92 Å². The Kier molecular flexibility index (Phi) is 4.11. The molecular weight excluding hydrogens is 256 g/mol. The van der Waals surface area contributed by atoms with Crippen molar-refractivity contribution in [3.8, 4) is 0 Å². The second-order valence-electron chi connectivity index (χ2n) is 7.54. The fourth-order valence-electron chi connectivity index (χ4n) is 4.03. The Morgan fingerprint density at radius 2 is 1.81 bits per heavy atom. The maximum atomic E-state index is 3.86. The molecule has 1 aromatic carbocycles. The minimum Gasteiger partial charge on any atom is -0.308 e. The van der Waals surface area contributed by atoms with Crippen molar-refractivity contribution in [3.05, 3.63) is 35.4 Å². The molecule has 1 heterocycles. The number of hydrogen-bond donors (Lipinski definition) is 1. The summed E-state index contributed by atoms with van der Waals surface area (Å²) in [4.78, 5) is 2.80. The van der Waals surface area contributed by atoms with Crippen LogP contribution in [0.1, 0.15) is 57.1 Å². The third-order valence-corrected chi connectivity index (χ3v) is 5.86. The highest BCUT2D eigenvalue weighted by atomic mass is 15.3. The fraction of sp³-hybridized carbons (Fsp3) is 0.684. The van der Waals surface area contributed by atoms with Crippen molar-refractivity contribution in [1.29, 1.82) is 0 Å². The molecule has 0 radical (unpaired) electrons. The summed E-state index contributed by atoms with van der Waals surface area (Å²) in [7, 11) is 0. The van der Waals surface area contributed by atoms with Gasteiger partial charge in [0.15, 0.2) is 0 Å². The van der Waals surface area contributed by atoms with Crippen LogP contribution in [0.5, 0.6) is 0 Å². The van der Waals surface area contributed by atoms with Gasteiger partial charge in [-0.05, 0) is 38.7 Å². The lowest BCUT2D eigenvalue weighted by atomic mass is 9.84. The summed E-state index contributed by atoms with van der Waals surface area (Å²) in [5, 5.41) is 3.86. The highest BCUT2D eigenvalue weighted by molar-refractivity contribution is 5.22. The zero-order valence-corrected chi connectivity index (χ0v) is 13.9. The van der Waals surface area contributed by atoms with Crippen LogP contribution in [-0.2, 0) is 6.54 Å². The van der Waals surface area contributed by atoms with E-state index in [9.17, 15) is 0 Å². The van der Waals surface area contributed by atoms with Crippen molar-refractivity contribution in [1.82, 2.24) is 10.2 Å². The number of aryl methyl sites for hydroxylation is 1. The standard InChI is InChI=1S/C19H30N2/c1-4-18(3)15-21(13-17-9-7-16(2)8-10-17)19(14-20-18)11-5-6-12-19/h7-10,20H,4-6,11-15H2,1-3H3. The van der Waals surface area contributed by atoms with Gasteiger partial charge >= 0.3 is 0 Å². The first-order chi connectivity index (χ1) is 10.1. The Labute approximate surface area is 129 Å². The second-order valence-corrected chi connectivity index (χ2v) is 7.54. The lowest BCUT2D eigenvalue weighted by Crippen LogP contribution is -2.67. The van der Waals surface area contributed by atoms with Gasteiger partial charge in [-0.25, -0.2) is 0 Å². The molecule has 1 aliphatic heterocycles.